The summed E-state index contributed by atoms with van der Waals surface area (Å²) in [5.41, 5.74) is 1.99. The smallest absolute Gasteiger partial charge is 0.240 e. The highest BCUT2D eigenvalue weighted by Gasteiger charge is 2.14. The number of thiazole rings is 1. The van der Waals surface area contributed by atoms with E-state index in [4.69, 9.17) is 0 Å². The van der Waals surface area contributed by atoms with Crippen molar-refractivity contribution >= 4 is 21.4 Å². The number of aryl methyl sites for hydroxylation is 1. The molecule has 0 spiro atoms. The van der Waals surface area contributed by atoms with E-state index in [2.05, 4.69) is 9.71 Å². The quantitative estimate of drug-likeness (QED) is 0.714. The normalized spacial score (nSPS) is 11.6. The highest BCUT2D eigenvalue weighted by atomic mass is 32.2. The average Bonchev–Trinajstić information content (AvgIpc) is 3.03. The van der Waals surface area contributed by atoms with Gasteiger partial charge in [-0.15, -0.1) is 11.3 Å². The number of nitrogens with one attached hydrogen (secondary N) is 1. The molecule has 0 saturated carbocycles. The van der Waals surface area contributed by atoms with Crippen LogP contribution in [0.3, 0.4) is 0 Å². The second-order valence-electron chi connectivity index (χ2n) is 5.66. The number of aromatic nitrogens is 1. The first-order valence-electron chi connectivity index (χ1n) is 7.67. The second-order valence-corrected chi connectivity index (χ2v) is 8.63. The number of benzene rings is 2. The molecule has 3 aromatic rings. The summed E-state index contributed by atoms with van der Waals surface area (Å²) in [5, 5.41) is 0.688. The summed E-state index contributed by atoms with van der Waals surface area (Å²) in [6.45, 7) is 2.05. The fraction of sp³-hybridized carbons (Fsp3) is 0.167. The minimum absolute atomic E-state index is 0.143. The van der Waals surface area contributed by atoms with Gasteiger partial charge in [0, 0.05) is 17.5 Å². The molecule has 25 heavy (non-hydrogen) atoms. The summed E-state index contributed by atoms with van der Waals surface area (Å²) in [5.74, 6) is -0.265. The summed E-state index contributed by atoms with van der Waals surface area (Å²) in [4.78, 5) is 5.49. The maximum absolute atomic E-state index is 12.9. The van der Waals surface area contributed by atoms with Gasteiger partial charge in [0.15, 0.2) is 0 Å². The van der Waals surface area contributed by atoms with Crippen LogP contribution in [-0.2, 0) is 23.0 Å². The summed E-state index contributed by atoms with van der Waals surface area (Å²) in [6.07, 6.45) is 2.37. The molecule has 7 heteroatoms. The van der Waals surface area contributed by atoms with Crippen LogP contribution in [0, 0.1) is 12.7 Å². The zero-order valence-electron chi connectivity index (χ0n) is 13.6. The van der Waals surface area contributed by atoms with Crippen molar-refractivity contribution in [3.05, 3.63) is 81.6 Å². The number of halogens is 1. The van der Waals surface area contributed by atoms with E-state index in [0.717, 1.165) is 16.0 Å². The summed E-state index contributed by atoms with van der Waals surface area (Å²) < 4.78 is 40.0. The highest BCUT2D eigenvalue weighted by Crippen LogP contribution is 2.18. The lowest BCUT2D eigenvalue weighted by molar-refractivity contribution is 0.581. The second kappa shape index (κ2) is 7.43. The molecule has 0 aliphatic carbocycles. The van der Waals surface area contributed by atoms with E-state index in [9.17, 15) is 12.8 Å². The van der Waals surface area contributed by atoms with E-state index in [1.165, 1.54) is 23.5 Å². The Morgan fingerprint density at radius 3 is 2.44 bits per heavy atom. The lowest BCUT2D eigenvalue weighted by Gasteiger charge is -2.05. The van der Waals surface area contributed by atoms with Crippen LogP contribution in [0.25, 0.3) is 0 Å². The van der Waals surface area contributed by atoms with Gasteiger partial charge < -0.3 is 0 Å². The van der Waals surface area contributed by atoms with Crippen molar-refractivity contribution in [2.75, 3.05) is 0 Å². The molecule has 1 heterocycles. The minimum Gasteiger partial charge on any atom is -0.248 e. The third kappa shape index (κ3) is 4.72. The summed E-state index contributed by atoms with van der Waals surface area (Å²) >= 11 is 1.44. The van der Waals surface area contributed by atoms with Crippen LogP contribution in [0.15, 0.2) is 59.6 Å². The Morgan fingerprint density at radius 2 is 1.76 bits per heavy atom. The lowest BCUT2D eigenvalue weighted by Crippen LogP contribution is -2.23. The standard InChI is InChI=1S/C18H17FN2O2S2/c1-13-2-8-17(9-3-13)25(22,23)21-12-18-20-11-16(24-18)10-14-4-6-15(19)7-5-14/h2-9,11,21H,10,12H2,1H3. The molecule has 1 N–H and O–H groups in total. The van der Waals surface area contributed by atoms with Crippen LogP contribution in [0.5, 0.6) is 0 Å². The van der Waals surface area contributed by atoms with Gasteiger partial charge in [-0.1, -0.05) is 29.8 Å². The summed E-state index contributed by atoms with van der Waals surface area (Å²) in [6, 6.07) is 13.0. The monoisotopic (exact) mass is 376 g/mol. The Morgan fingerprint density at radius 1 is 1.08 bits per heavy atom. The van der Waals surface area contributed by atoms with Crippen LogP contribution in [0.1, 0.15) is 21.0 Å². The van der Waals surface area contributed by atoms with E-state index in [-0.39, 0.29) is 17.3 Å². The minimum atomic E-state index is -3.55. The van der Waals surface area contributed by atoms with Crippen LogP contribution in [0.2, 0.25) is 0 Å². The van der Waals surface area contributed by atoms with Gasteiger partial charge in [0.25, 0.3) is 0 Å². The van der Waals surface area contributed by atoms with Gasteiger partial charge in [0.1, 0.15) is 10.8 Å². The summed E-state index contributed by atoms with van der Waals surface area (Å²) in [7, 11) is -3.55. The SMILES string of the molecule is Cc1ccc(S(=O)(=O)NCc2ncc(Cc3ccc(F)cc3)s2)cc1. The molecule has 0 aliphatic rings. The molecule has 0 amide bonds. The van der Waals surface area contributed by atoms with Gasteiger partial charge in [0.2, 0.25) is 10.0 Å². The molecule has 130 valence electrons. The first kappa shape index (κ1) is 17.7. The average molecular weight is 376 g/mol. The topological polar surface area (TPSA) is 59.1 Å². The predicted molar refractivity (Wildman–Crippen MR) is 96.5 cm³/mol. The number of sulfonamides is 1. The number of hydrogen-bond acceptors (Lipinski definition) is 4. The van der Waals surface area contributed by atoms with Crippen LogP contribution >= 0.6 is 11.3 Å². The van der Waals surface area contributed by atoms with Crippen molar-refractivity contribution in [2.45, 2.75) is 24.8 Å². The van der Waals surface area contributed by atoms with Crippen molar-refractivity contribution in [2.24, 2.45) is 0 Å². The van der Waals surface area contributed by atoms with Gasteiger partial charge in [-0.2, -0.15) is 0 Å². The van der Waals surface area contributed by atoms with Crippen molar-refractivity contribution in [1.29, 1.82) is 0 Å². The van der Waals surface area contributed by atoms with Crippen molar-refractivity contribution in [3.8, 4) is 0 Å². The molecular weight excluding hydrogens is 359 g/mol. The fourth-order valence-electron chi connectivity index (χ4n) is 2.27. The Bertz CT molecular complexity index is 950. The van der Waals surface area contributed by atoms with Crippen LogP contribution in [-0.4, -0.2) is 13.4 Å². The van der Waals surface area contributed by atoms with E-state index in [0.29, 0.717) is 11.4 Å². The Hall–Kier alpha value is -2.09. The van der Waals surface area contributed by atoms with Gasteiger partial charge >= 0.3 is 0 Å². The molecule has 0 fully saturated rings. The first-order chi connectivity index (χ1) is 11.9. The molecule has 2 aromatic carbocycles. The number of rotatable bonds is 6. The lowest BCUT2D eigenvalue weighted by atomic mass is 10.1. The molecule has 0 unspecified atom stereocenters. The van der Waals surface area contributed by atoms with Gasteiger partial charge in [0.05, 0.1) is 11.4 Å². The molecule has 3 rings (SSSR count). The zero-order chi connectivity index (χ0) is 17.9. The highest BCUT2D eigenvalue weighted by molar-refractivity contribution is 7.89. The third-order valence-electron chi connectivity index (χ3n) is 3.64. The van der Waals surface area contributed by atoms with E-state index < -0.39 is 10.0 Å². The molecule has 0 radical (unpaired) electrons. The van der Waals surface area contributed by atoms with Crippen molar-refractivity contribution in [3.63, 3.8) is 0 Å². The largest absolute Gasteiger partial charge is 0.248 e. The van der Waals surface area contributed by atoms with Crippen molar-refractivity contribution in [1.82, 2.24) is 9.71 Å². The van der Waals surface area contributed by atoms with Gasteiger partial charge in [-0.3, -0.25) is 0 Å². The van der Waals surface area contributed by atoms with E-state index in [1.54, 1.807) is 42.6 Å². The number of nitrogens with zero attached hydrogens (tertiary/aromatic N) is 1. The zero-order valence-corrected chi connectivity index (χ0v) is 15.2. The maximum Gasteiger partial charge on any atom is 0.240 e. The molecule has 0 saturated heterocycles. The molecule has 4 nitrogen and oxygen atoms in total. The van der Waals surface area contributed by atoms with Crippen LogP contribution in [0.4, 0.5) is 4.39 Å². The Labute approximate surface area is 150 Å². The molecule has 0 aliphatic heterocycles. The maximum atomic E-state index is 12.9. The molecule has 0 atom stereocenters. The molecule has 0 bridgehead atoms. The van der Waals surface area contributed by atoms with E-state index in [1.807, 2.05) is 6.92 Å². The van der Waals surface area contributed by atoms with Gasteiger partial charge in [-0.05, 0) is 36.8 Å². The predicted octanol–water partition coefficient (Wildman–Crippen LogP) is 3.66. The third-order valence-corrected chi connectivity index (χ3v) is 6.05. The van der Waals surface area contributed by atoms with E-state index >= 15 is 0 Å². The molecular formula is C18H17FN2O2S2. The Balaban J connectivity index is 1.63. The molecule has 1 aromatic heterocycles. The van der Waals surface area contributed by atoms with Crippen molar-refractivity contribution < 1.29 is 12.8 Å². The fourth-order valence-corrected chi connectivity index (χ4v) is 4.25. The van der Waals surface area contributed by atoms with Crippen LogP contribution < -0.4 is 4.72 Å². The van der Waals surface area contributed by atoms with Gasteiger partial charge in [-0.25, -0.2) is 22.5 Å². The number of hydrogen-bond donors (Lipinski definition) is 1. The first-order valence-corrected chi connectivity index (χ1v) is 9.97. The Kier molecular flexibility index (Phi) is 5.27.